The van der Waals surface area contributed by atoms with Gasteiger partial charge in [-0.05, 0) is 51.3 Å². The first-order valence-electron chi connectivity index (χ1n) is 5.56. The van der Waals surface area contributed by atoms with Crippen molar-refractivity contribution in [2.45, 2.75) is 13.0 Å². The maximum Gasteiger partial charge on any atom is 0.139 e. The van der Waals surface area contributed by atoms with E-state index in [1.54, 1.807) is 17.6 Å². The lowest BCUT2D eigenvalue weighted by Crippen LogP contribution is -1.98. The van der Waals surface area contributed by atoms with Gasteiger partial charge < -0.3 is 9.52 Å². The fourth-order valence-electron chi connectivity index (χ4n) is 2.06. The molecule has 0 fully saturated rings. The second-order valence-corrected chi connectivity index (χ2v) is 5.91. The third-order valence-electron chi connectivity index (χ3n) is 3.03. The summed E-state index contributed by atoms with van der Waals surface area (Å²) in [5, 5.41) is 13.5. The number of benzene rings is 1. The smallest absolute Gasteiger partial charge is 0.139 e. The van der Waals surface area contributed by atoms with Crippen LogP contribution in [0, 0.1) is 6.92 Å². The number of fused-ring (bicyclic) bond motifs is 1. The largest absolute Gasteiger partial charge is 0.466 e. The molecule has 1 aromatic carbocycles. The van der Waals surface area contributed by atoms with E-state index in [4.69, 9.17) is 4.42 Å². The van der Waals surface area contributed by atoms with Gasteiger partial charge in [-0.25, -0.2) is 0 Å². The molecule has 0 saturated carbocycles. The van der Waals surface area contributed by atoms with E-state index < -0.39 is 6.10 Å². The monoisotopic (exact) mass is 322 g/mol. The molecule has 92 valence electrons. The highest BCUT2D eigenvalue weighted by molar-refractivity contribution is 9.10. The molecule has 0 aliphatic rings. The van der Waals surface area contributed by atoms with E-state index in [2.05, 4.69) is 15.9 Å². The van der Waals surface area contributed by atoms with Gasteiger partial charge in [0.2, 0.25) is 0 Å². The van der Waals surface area contributed by atoms with Gasteiger partial charge in [0.25, 0.3) is 0 Å². The second-order valence-electron chi connectivity index (χ2n) is 4.18. The van der Waals surface area contributed by atoms with Crippen molar-refractivity contribution in [3.05, 3.63) is 57.3 Å². The minimum Gasteiger partial charge on any atom is -0.466 e. The van der Waals surface area contributed by atoms with Gasteiger partial charge in [-0.2, -0.15) is 0 Å². The maximum absolute atomic E-state index is 10.4. The summed E-state index contributed by atoms with van der Waals surface area (Å²) >= 11 is 5.15. The van der Waals surface area contributed by atoms with Crippen molar-refractivity contribution in [2.24, 2.45) is 0 Å². The van der Waals surface area contributed by atoms with Gasteiger partial charge in [-0.1, -0.05) is 12.1 Å². The van der Waals surface area contributed by atoms with Crippen molar-refractivity contribution in [3.8, 4) is 0 Å². The summed E-state index contributed by atoms with van der Waals surface area (Å²) in [6.07, 6.45) is 0.904. The van der Waals surface area contributed by atoms with Gasteiger partial charge in [0.05, 0.1) is 6.26 Å². The van der Waals surface area contributed by atoms with E-state index >= 15 is 0 Å². The molecule has 1 atom stereocenters. The van der Waals surface area contributed by atoms with Gasteiger partial charge in [-0.3, -0.25) is 0 Å². The number of hydrogen-bond donors (Lipinski definition) is 1. The first-order chi connectivity index (χ1) is 8.68. The van der Waals surface area contributed by atoms with E-state index in [0.717, 1.165) is 25.7 Å². The Hall–Kier alpha value is -1.10. The Morgan fingerprint density at radius 1 is 1.33 bits per heavy atom. The van der Waals surface area contributed by atoms with Crippen molar-refractivity contribution in [1.29, 1.82) is 0 Å². The van der Waals surface area contributed by atoms with Crippen molar-refractivity contribution >= 4 is 37.4 Å². The Morgan fingerprint density at radius 2 is 2.17 bits per heavy atom. The second kappa shape index (κ2) is 4.53. The minimum absolute atomic E-state index is 0.620. The maximum atomic E-state index is 10.4. The summed E-state index contributed by atoms with van der Waals surface area (Å²) in [6.45, 7) is 1.94. The van der Waals surface area contributed by atoms with E-state index in [1.807, 2.05) is 36.6 Å². The zero-order valence-corrected chi connectivity index (χ0v) is 12.1. The molecule has 0 aliphatic heterocycles. The molecule has 18 heavy (non-hydrogen) atoms. The van der Waals surface area contributed by atoms with Gasteiger partial charge in [-0.15, -0.1) is 11.3 Å². The summed E-state index contributed by atoms with van der Waals surface area (Å²) in [7, 11) is 0. The molecule has 3 rings (SSSR count). The van der Waals surface area contributed by atoms with Crippen LogP contribution < -0.4 is 0 Å². The van der Waals surface area contributed by atoms with Crippen LogP contribution in [0.1, 0.15) is 23.0 Å². The van der Waals surface area contributed by atoms with Crippen LogP contribution in [-0.4, -0.2) is 5.11 Å². The molecule has 0 bridgehead atoms. The Bertz CT molecular complexity index is 699. The normalized spacial score (nSPS) is 13.1. The molecule has 4 heteroatoms. The lowest BCUT2D eigenvalue weighted by molar-refractivity contribution is 0.190. The number of aliphatic hydroxyl groups is 1. The predicted molar refractivity (Wildman–Crippen MR) is 77.0 cm³/mol. The Morgan fingerprint density at radius 3 is 2.89 bits per heavy atom. The average Bonchev–Trinajstić information content (AvgIpc) is 2.95. The van der Waals surface area contributed by atoms with Crippen molar-refractivity contribution in [1.82, 2.24) is 0 Å². The van der Waals surface area contributed by atoms with Crippen LogP contribution in [0.5, 0.6) is 0 Å². The summed E-state index contributed by atoms with van der Waals surface area (Å²) in [5.74, 6) is 0.620. The standard InChI is InChI=1S/C14H11BrO2S/c1-8-5-6-17-13(8)12(16)10-7-18-14-9(10)3-2-4-11(14)15/h2-7,12,16H,1H3. The first kappa shape index (κ1) is 12.0. The van der Waals surface area contributed by atoms with Gasteiger partial charge >= 0.3 is 0 Å². The molecular formula is C14H11BrO2S. The number of aryl methyl sites for hydroxylation is 1. The highest BCUT2D eigenvalue weighted by Crippen LogP contribution is 2.37. The van der Waals surface area contributed by atoms with Gasteiger partial charge in [0.1, 0.15) is 11.9 Å². The van der Waals surface area contributed by atoms with Gasteiger partial charge in [0, 0.05) is 14.7 Å². The lowest BCUT2D eigenvalue weighted by Gasteiger charge is -2.08. The number of furan rings is 1. The molecule has 0 amide bonds. The first-order valence-corrected chi connectivity index (χ1v) is 7.23. The van der Waals surface area contributed by atoms with Gasteiger partial charge in [0.15, 0.2) is 0 Å². The summed E-state index contributed by atoms with van der Waals surface area (Å²) in [4.78, 5) is 0. The van der Waals surface area contributed by atoms with Crippen LogP contribution in [0.4, 0.5) is 0 Å². The molecule has 0 spiro atoms. The number of thiophene rings is 1. The molecule has 0 radical (unpaired) electrons. The van der Waals surface area contributed by atoms with E-state index in [-0.39, 0.29) is 0 Å². The third kappa shape index (κ3) is 1.81. The van der Waals surface area contributed by atoms with Crippen LogP contribution in [0.3, 0.4) is 0 Å². The molecule has 1 unspecified atom stereocenters. The molecule has 2 aromatic heterocycles. The van der Waals surface area contributed by atoms with E-state index in [1.165, 1.54) is 0 Å². The summed E-state index contributed by atoms with van der Waals surface area (Å²) < 4.78 is 7.58. The SMILES string of the molecule is Cc1ccoc1C(O)c1csc2c(Br)cccc12. The Labute approximate surface area is 117 Å². The number of aliphatic hydroxyl groups excluding tert-OH is 1. The van der Waals surface area contributed by atoms with Crippen molar-refractivity contribution < 1.29 is 9.52 Å². The summed E-state index contributed by atoms with van der Waals surface area (Å²) in [5.41, 5.74) is 1.87. The summed E-state index contributed by atoms with van der Waals surface area (Å²) in [6, 6.07) is 7.87. The molecule has 2 heterocycles. The Balaban J connectivity index is 2.16. The average molecular weight is 323 g/mol. The quantitative estimate of drug-likeness (QED) is 0.745. The molecular weight excluding hydrogens is 312 g/mol. The zero-order valence-electron chi connectivity index (χ0n) is 9.68. The van der Waals surface area contributed by atoms with E-state index in [0.29, 0.717) is 5.76 Å². The van der Waals surface area contributed by atoms with Crippen LogP contribution in [0.2, 0.25) is 0 Å². The minimum atomic E-state index is -0.706. The third-order valence-corrected chi connectivity index (χ3v) is 5.00. The Kier molecular flexibility index (Phi) is 3.01. The van der Waals surface area contributed by atoms with Crippen LogP contribution in [0.15, 0.2) is 44.8 Å². The van der Waals surface area contributed by atoms with Crippen LogP contribution >= 0.6 is 27.3 Å². The van der Waals surface area contributed by atoms with Crippen LogP contribution in [-0.2, 0) is 0 Å². The lowest BCUT2D eigenvalue weighted by atomic mass is 10.0. The predicted octanol–water partition coefficient (Wildman–Crippen LogP) is 4.65. The molecule has 0 saturated heterocycles. The highest BCUT2D eigenvalue weighted by Gasteiger charge is 2.20. The molecule has 2 nitrogen and oxygen atoms in total. The number of rotatable bonds is 2. The topological polar surface area (TPSA) is 33.4 Å². The van der Waals surface area contributed by atoms with Crippen LogP contribution in [0.25, 0.3) is 10.1 Å². The van der Waals surface area contributed by atoms with E-state index in [9.17, 15) is 5.11 Å². The van der Waals surface area contributed by atoms with Crippen molar-refractivity contribution in [3.63, 3.8) is 0 Å². The molecule has 0 aliphatic carbocycles. The highest BCUT2D eigenvalue weighted by atomic mass is 79.9. The number of hydrogen-bond acceptors (Lipinski definition) is 3. The molecule has 3 aromatic rings. The fourth-order valence-corrected chi connectivity index (χ4v) is 3.70. The van der Waals surface area contributed by atoms with Crippen molar-refractivity contribution in [2.75, 3.05) is 0 Å². The fraction of sp³-hybridized carbons (Fsp3) is 0.143. The zero-order chi connectivity index (χ0) is 12.7. The number of halogens is 1. The molecule has 1 N–H and O–H groups in total.